The maximum absolute atomic E-state index is 5.94. The number of fused-ring (bicyclic) bond motifs is 1. The van der Waals surface area contributed by atoms with Gasteiger partial charge in [0.05, 0.1) is 5.39 Å². The summed E-state index contributed by atoms with van der Waals surface area (Å²) in [5.74, 6) is 1.71. The Hall–Kier alpha value is -1.85. The summed E-state index contributed by atoms with van der Waals surface area (Å²) >= 11 is 7.49. The van der Waals surface area contributed by atoms with Crippen LogP contribution in [0.25, 0.3) is 10.2 Å². The molecule has 0 atom stereocenters. The standard InChI is InChI=1S/C13H10ClN3OS/c1-15-13-16-11(10-5-6-19-12(10)17-13)18-9-4-2-3-8(14)7-9/h2-7H,1H3,(H,15,16,17). The lowest BCUT2D eigenvalue weighted by atomic mass is 10.3. The van der Waals surface area contributed by atoms with Crippen LogP contribution in [0.1, 0.15) is 0 Å². The van der Waals surface area contributed by atoms with Gasteiger partial charge in [0.2, 0.25) is 11.8 Å². The molecular weight excluding hydrogens is 282 g/mol. The Balaban J connectivity index is 2.06. The Morgan fingerprint density at radius 3 is 2.95 bits per heavy atom. The third-order valence-electron chi connectivity index (χ3n) is 2.52. The van der Waals surface area contributed by atoms with E-state index in [4.69, 9.17) is 16.3 Å². The predicted octanol–water partition coefficient (Wildman–Crippen LogP) is 4.18. The zero-order valence-electron chi connectivity index (χ0n) is 10.1. The van der Waals surface area contributed by atoms with E-state index in [0.29, 0.717) is 22.6 Å². The molecule has 96 valence electrons. The molecule has 0 aliphatic carbocycles. The second-order valence-electron chi connectivity index (χ2n) is 3.80. The van der Waals surface area contributed by atoms with Crippen molar-refractivity contribution in [3.8, 4) is 11.6 Å². The van der Waals surface area contributed by atoms with E-state index in [9.17, 15) is 0 Å². The van der Waals surface area contributed by atoms with Gasteiger partial charge >= 0.3 is 0 Å². The van der Waals surface area contributed by atoms with Crippen LogP contribution in [0.3, 0.4) is 0 Å². The van der Waals surface area contributed by atoms with E-state index in [-0.39, 0.29) is 0 Å². The summed E-state index contributed by atoms with van der Waals surface area (Å²) in [6.07, 6.45) is 0. The zero-order chi connectivity index (χ0) is 13.2. The first kappa shape index (κ1) is 12.2. The highest BCUT2D eigenvalue weighted by Gasteiger charge is 2.10. The van der Waals surface area contributed by atoms with Gasteiger partial charge in [0.15, 0.2) is 0 Å². The van der Waals surface area contributed by atoms with Crippen molar-refractivity contribution in [2.75, 3.05) is 12.4 Å². The molecule has 0 aliphatic rings. The van der Waals surface area contributed by atoms with E-state index in [1.165, 1.54) is 0 Å². The van der Waals surface area contributed by atoms with Crippen molar-refractivity contribution < 1.29 is 4.74 Å². The normalized spacial score (nSPS) is 10.6. The van der Waals surface area contributed by atoms with Gasteiger partial charge in [0.1, 0.15) is 10.6 Å². The van der Waals surface area contributed by atoms with Crippen molar-refractivity contribution >= 4 is 39.1 Å². The fraction of sp³-hybridized carbons (Fsp3) is 0.0769. The highest BCUT2D eigenvalue weighted by Crippen LogP contribution is 2.32. The average molecular weight is 292 g/mol. The number of thiophene rings is 1. The van der Waals surface area contributed by atoms with Crippen LogP contribution in [0.2, 0.25) is 5.02 Å². The first-order chi connectivity index (χ1) is 9.26. The zero-order valence-corrected chi connectivity index (χ0v) is 11.6. The van der Waals surface area contributed by atoms with Gasteiger partial charge in [0.25, 0.3) is 0 Å². The first-order valence-electron chi connectivity index (χ1n) is 5.62. The number of nitrogens with zero attached hydrogens (tertiary/aromatic N) is 2. The summed E-state index contributed by atoms with van der Waals surface area (Å²) < 4.78 is 5.80. The Morgan fingerprint density at radius 2 is 2.16 bits per heavy atom. The molecular formula is C13H10ClN3OS. The summed E-state index contributed by atoms with van der Waals surface area (Å²) in [7, 11) is 1.78. The van der Waals surface area contributed by atoms with Crippen molar-refractivity contribution in [1.29, 1.82) is 0 Å². The summed E-state index contributed by atoms with van der Waals surface area (Å²) in [5, 5.41) is 6.41. The van der Waals surface area contributed by atoms with Crippen LogP contribution in [-0.4, -0.2) is 17.0 Å². The highest BCUT2D eigenvalue weighted by atomic mass is 35.5. The maximum Gasteiger partial charge on any atom is 0.232 e. The number of aromatic nitrogens is 2. The molecule has 1 N–H and O–H groups in total. The van der Waals surface area contributed by atoms with Gasteiger partial charge in [-0.05, 0) is 29.6 Å². The minimum Gasteiger partial charge on any atom is -0.438 e. The molecule has 0 unspecified atom stereocenters. The fourth-order valence-corrected chi connectivity index (χ4v) is 2.59. The Kier molecular flexibility index (Phi) is 3.23. The lowest BCUT2D eigenvalue weighted by Crippen LogP contribution is -1.98. The van der Waals surface area contributed by atoms with Gasteiger partial charge in [-0.25, -0.2) is 4.98 Å². The van der Waals surface area contributed by atoms with E-state index in [1.54, 1.807) is 30.5 Å². The molecule has 6 heteroatoms. The highest BCUT2D eigenvalue weighted by molar-refractivity contribution is 7.16. The van der Waals surface area contributed by atoms with E-state index in [1.807, 2.05) is 23.6 Å². The third kappa shape index (κ3) is 2.47. The molecule has 3 rings (SSSR count). The van der Waals surface area contributed by atoms with Gasteiger partial charge in [-0.3, -0.25) is 0 Å². The molecule has 2 heterocycles. The maximum atomic E-state index is 5.94. The van der Waals surface area contributed by atoms with Gasteiger partial charge < -0.3 is 10.1 Å². The van der Waals surface area contributed by atoms with Crippen LogP contribution >= 0.6 is 22.9 Å². The van der Waals surface area contributed by atoms with Crippen LogP contribution in [0.15, 0.2) is 35.7 Å². The molecule has 0 aliphatic heterocycles. The second-order valence-corrected chi connectivity index (χ2v) is 5.13. The van der Waals surface area contributed by atoms with Crippen molar-refractivity contribution in [2.45, 2.75) is 0 Å². The number of halogens is 1. The van der Waals surface area contributed by atoms with Crippen LogP contribution in [-0.2, 0) is 0 Å². The van der Waals surface area contributed by atoms with Crippen LogP contribution in [0.4, 0.5) is 5.95 Å². The molecule has 1 aromatic carbocycles. The summed E-state index contributed by atoms with van der Waals surface area (Å²) in [5.41, 5.74) is 0. The first-order valence-corrected chi connectivity index (χ1v) is 6.88. The monoisotopic (exact) mass is 291 g/mol. The van der Waals surface area contributed by atoms with Gasteiger partial charge in [-0.2, -0.15) is 4.98 Å². The van der Waals surface area contributed by atoms with Crippen LogP contribution in [0.5, 0.6) is 11.6 Å². The molecule has 3 aromatic rings. The largest absolute Gasteiger partial charge is 0.438 e. The number of nitrogens with one attached hydrogen (secondary N) is 1. The Labute approximate surface area is 119 Å². The van der Waals surface area contributed by atoms with Gasteiger partial charge in [0, 0.05) is 12.1 Å². The Bertz CT molecular complexity index is 729. The van der Waals surface area contributed by atoms with E-state index >= 15 is 0 Å². The minimum absolute atomic E-state index is 0.526. The number of rotatable bonds is 3. The van der Waals surface area contributed by atoms with E-state index in [0.717, 1.165) is 10.2 Å². The van der Waals surface area contributed by atoms with Crippen molar-refractivity contribution in [2.24, 2.45) is 0 Å². The number of hydrogen-bond acceptors (Lipinski definition) is 5. The summed E-state index contributed by atoms with van der Waals surface area (Å²) in [6.45, 7) is 0. The summed E-state index contributed by atoms with van der Waals surface area (Å²) in [6, 6.07) is 9.17. The van der Waals surface area contributed by atoms with E-state index in [2.05, 4.69) is 15.3 Å². The lowest BCUT2D eigenvalue weighted by Gasteiger charge is -2.07. The number of anilines is 1. The molecule has 4 nitrogen and oxygen atoms in total. The molecule has 0 spiro atoms. The van der Waals surface area contributed by atoms with Gasteiger partial charge in [-0.1, -0.05) is 17.7 Å². The average Bonchev–Trinajstić information content (AvgIpc) is 2.87. The van der Waals surface area contributed by atoms with Crippen molar-refractivity contribution in [3.63, 3.8) is 0 Å². The summed E-state index contributed by atoms with van der Waals surface area (Å²) in [4.78, 5) is 9.59. The SMILES string of the molecule is CNc1nc(Oc2cccc(Cl)c2)c2ccsc2n1. The molecule has 0 saturated heterocycles. The quantitative estimate of drug-likeness (QED) is 0.786. The molecule has 0 fully saturated rings. The molecule has 0 saturated carbocycles. The van der Waals surface area contributed by atoms with Crippen LogP contribution < -0.4 is 10.1 Å². The topological polar surface area (TPSA) is 47.0 Å². The second kappa shape index (κ2) is 5.03. The fourth-order valence-electron chi connectivity index (χ4n) is 1.66. The molecule has 19 heavy (non-hydrogen) atoms. The molecule has 2 aromatic heterocycles. The number of ether oxygens (including phenoxy) is 1. The molecule has 0 bridgehead atoms. The Morgan fingerprint density at radius 1 is 1.26 bits per heavy atom. The smallest absolute Gasteiger partial charge is 0.232 e. The molecule has 0 radical (unpaired) electrons. The minimum atomic E-state index is 0.526. The van der Waals surface area contributed by atoms with Crippen molar-refractivity contribution in [3.05, 3.63) is 40.7 Å². The van der Waals surface area contributed by atoms with Gasteiger partial charge in [-0.15, -0.1) is 11.3 Å². The number of hydrogen-bond donors (Lipinski definition) is 1. The lowest BCUT2D eigenvalue weighted by molar-refractivity contribution is 0.469. The molecule has 0 amide bonds. The van der Waals surface area contributed by atoms with Crippen LogP contribution in [0, 0.1) is 0 Å². The van der Waals surface area contributed by atoms with E-state index < -0.39 is 0 Å². The number of benzene rings is 1. The van der Waals surface area contributed by atoms with Crippen molar-refractivity contribution in [1.82, 2.24) is 9.97 Å². The predicted molar refractivity (Wildman–Crippen MR) is 78.5 cm³/mol. The third-order valence-corrected chi connectivity index (χ3v) is 3.57.